The number of rotatable bonds is 7. The van der Waals surface area contributed by atoms with Crippen molar-refractivity contribution in [2.24, 2.45) is 0 Å². The van der Waals surface area contributed by atoms with Crippen molar-refractivity contribution >= 4 is 63.5 Å². The Morgan fingerprint density at radius 3 is 2.62 bits per heavy atom. The van der Waals surface area contributed by atoms with E-state index < -0.39 is 6.04 Å². The second kappa shape index (κ2) is 9.68. The van der Waals surface area contributed by atoms with Crippen LogP contribution in [0.1, 0.15) is 11.3 Å². The van der Waals surface area contributed by atoms with Crippen molar-refractivity contribution in [1.82, 2.24) is 4.90 Å². The Balaban J connectivity index is 1.57. The lowest BCUT2D eigenvalue weighted by Gasteiger charge is -2.23. The Morgan fingerprint density at radius 2 is 1.97 bits per heavy atom. The third-order valence-electron chi connectivity index (χ3n) is 5.04. The van der Waals surface area contributed by atoms with Crippen molar-refractivity contribution in [2.75, 3.05) is 17.3 Å². The Bertz CT molecular complexity index is 1140. The van der Waals surface area contributed by atoms with E-state index in [9.17, 15) is 9.59 Å². The number of halogens is 1. The average molecular weight is 486 g/mol. The molecule has 1 N–H and O–H groups in total. The summed E-state index contributed by atoms with van der Waals surface area (Å²) in [7, 11) is 1.58. The van der Waals surface area contributed by atoms with Gasteiger partial charge in [0.2, 0.25) is 5.91 Å². The van der Waals surface area contributed by atoms with E-state index in [0.717, 1.165) is 4.88 Å². The topological polar surface area (TPSA) is 61.9 Å². The highest BCUT2D eigenvalue weighted by molar-refractivity contribution is 7.80. The smallest absolute Gasteiger partial charge is 0.256 e. The zero-order chi connectivity index (χ0) is 22.7. The minimum Gasteiger partial charge on any atom is -0.497 e. The van der Waals surface area contributed by atoms with Crippen molar-refractivity contribution in [3.05, 3.63) is 75.9 Å². The van der Waals surface area contributed by atoms with Gasteiger partial charge < -0.3 is 15.0 Å². The van der Waals surface area contributed by atoms with E-state index in [-0.39, 0.29) is 18.2 Å². The minimum absolute atomic E-state index is 0.0343. The van der Waals surface area contributed by atoms with Crippen LogP contribution >= 0.6 is 35.2 Å². The fourth-order valence-corrected chi connectivity index (χ4v) is 4.77. The van der Waals surface area contributed by atoms with E-state index in [1.807, 2.05) is 17.5 Å². The number of carbonyl (C=O) groups is 2. The summed E-state index contributed by atoms with van der Waals surface area (Å²) in [6, 6.07) is 17.2. The van der Waals surface area contributed by atoms with Gasteiger partial charge in [-0.15, -0.1) is 11.3 Å². The lowest BCUT2D eigenvalue weighted by Crippen LogP contribution is -2.37. The highest BCUT2D eigenvalue weighted by Gasteiger charge is 2.44. The summed E-state index contributed by atoms with van der Waals surface area (Å²) in [5.41, 5.74) is 1.21. The summed E-state index contributed by atoms with van der Waals surface area (Å²) in [6.07, 6.45) is -0.0343. The molecule has 0 aliphatic carbocycles. The van der Waals surface area contributed by atoms with Crippen molar-refractivity contribution in [3.8, 4) is 5.75 Å². The Labute approximate surface area is 200 Å². The molecule has 2 aromatic carbocycles. The molecule has 1 aliphatic rings. The summed E-state index contributed by atoms with van der Waals surface area (Å²) in [6.45, 7) is 0.444. The maximum absolute atomic E-state index is 13.4. The molecule has 2 amide bonds. The zero-order valence-corrected chi connectivity index (χ0v) is 19.5. The molecule has 1 aromatic heterocycles. The molecule has 32 heavy (non-hydrogen) atoms. The molecule has 1 aliphatic heterocycles. The molecule has 2 heterocycles. The summed E-state index contributed by atoms with van der Waals surface area (Å²) in [4.78, 5) is 30.5. The number of nitrogens with zero attached hydrogens (tertiary/aromatic N) is 2. The molecule has 0 radical (unpaired) electrons. The SMILES string of the molecule is COc1ccc(NC(=O)CC2C(=O)N(c3cccc(Cl)c3)C(=S)N2Cc2cccs2)cc1. The van der Waals surface area contributed by atoms with Crippen molar-refractivity contribution in [2.45, 2.75) is 19.0 Å². The van der Waals surface area contributed by atoms with Gasteiger partial charge in [0, 0.05) is 15.6 Å². The van der Waals surface area contributed by atoms with Gasteiger partial charge in [-0.1, -0.05) is 23.7 Å². The molecule has 9 heteroatoms. The number of methoxy groups -OCH3 is 1. The van der Waals surface area contributed by atoms with Gasteiger partial charge in [-0.05, 0) is 66.1 Å². The van der Waals surface area contributed by atoms with E-state index in [1.54, 1.807) is 71.9 Å². The molecular formula is C23H20ClN3O3S2. The first-order chi connectivity index (χ1) is 15.5. The van der Waals surface area contributed by atoms with Crippen LogP contribution in [0, 0.1) is 0 Å². The third kappa shape index (κ3) is 4.77. The number of nitrogens with one attached hydrogen (secondary N) is 1. The zero-order valence-electron chi connectivity index (χ0n) is 17.2. The van der Waals surface area contributed by atoms with Crippen LogP contribution in [-0.4, -0.2) is 35.0 Å². The van der Waals surface area contributed by atoms with E-state index in [4.69, 9.17) is 28.6 Å². The minimum atomic E-state index is -0.721. The number of amides is 2. The van der Waals surface area contributed by atoms with Gasteiger partial charge >= 0.3 is 0 Å². The van der Waals surface area contributed by atoms with Gasteiger partial charge in [-0.2, -0.15) is 0 Å². The number of thiophene rings is 1. The molecule has 164 valence electrons. The van der Waals surface area contributed by atoms with Crippen LogP contribution in [0.3, 0.4) is 0 Å². The normalized spacial score (nSPS) is 15.9. The molecule has 0 bridgehead atoms. The summed E-state index contributed by atoms with van der Waals surface area (Å²) in [5.74, 6) is 0.165. The Kier molecular flexibility index (Phi) is 6.74. The molecule has 0 spiro atoms. The number of anilines is 2. The monoisotopic (exact) mass is 485 g/mol. The summed E-state index contributed by atoms with van der Waals surface area (Å²) < 4.78 is 5.14. The van der Waals surface area contributed by atoms with E-state index in [2.05, 4.69) is 5.32 Å². The predicted molar refractivity (Wildman–Crippen MR) is 131 cm³/mol. The summed E-state index contributed by atoms with van der Waals surface area (Å²) in [5, 5.41) is 5.67. The van der Waals surface area contributed by atoms with E-state index in [0.29, 0.717) is 33.8 Å². The average Bonchev–Trinajstić information content (AvgIpc) is 3.37. The predicted octanol–water partition coefficient (Wildman–Crippen LogP) is 4.94. The lowest BCUT2D eigenvalue weighted by molar-refractivity contribution is -0.124. The highest BCUT2D eigenvalue weighted by Crippen LogP contribution is 2.31. The first-order valence-corrected chi connectivity index (χ1v) is 11.5. The molecule has 0 saturated carbocycles. The molecule has 1 unspecified atom stereocenters. The van der Waals surface area contributed by atoms with Crippen LogP contribution in [0.25, 0.3) is 0 Å². The van der Waals surface area contributed by atoms with Gasteiger partial charge in [0.05, 0.1) is 25.8 Å². The molecule has 3 aromatic rings. The number of thiocarbonyl (C=S) groups is 1. The third-order valence-corrected chi connectivity index (χ3v) is 6.56. The van der Waals surface area contributed by atoms with Gasteiger partial charge in [-0.3, -0.25) is 14.5 Å². The van der Waals surface area contributed by atoms with Gasteiger partial charge in [0.1, 0.15) is 11.8 Å². The van der Waals surface area contributed by atoms with Crippen LogP contribution in [0.5, 0.6) is 5.75 Å². The van der Waals surface area contributed by atoms with Gasteiger partial charge in [-0.25, -0.2) is 0 Å². The number of ether oxygens (including phenoxy) is 1. The number of hydrogen-bond acceptors (Lipinski definition) is 5. The maximum atomic E-state index is 13.4. The molecule has 6 nitrogen and oxygen atoms in total. The summed E-state index contributed by atoms with van der Waals surface area (Å²) >= 11 is 13.4. The molecular weight excluding hydrogens is 466 g/mol. The Morgan fingerprint density at radius 1 is 1.19 bits per heavy atom. The largest absolute Gasteiger partial charge is 0.497 e. The fraction of sp³-hybridized carbons (Fsp3) is 0.174. The molecule has 1 saturated heterocycles. The first kappa shape index (κ1) is 22.3. The van der Waals surface area contributed by atoms with Crippen molar-refractivity contribution < 1.29 is 14.3 Å². The number of benzene rings is 2. The molecule has 4 rings (SSSR count). The quantitative estimate of drug-likeness (QED) is 0.480. The second-order valence-electron chi connectivity index (χ2n) is 7.14. The molecule has 1 atom stereocenters. The standard InChI is InChI=1S/C23H20ClN3O3S2/c1-30-18-9-7-16(8-10-18)25-21(28)13-20-22(29)27(17-5-2-4-15(24)12-17)23(31)26(20)14-19-6-3-11-32-19/h2-12,20H,13-14H2,1H3,(H,25,28). The fourth-order valence-electron chi connectivity index (χ4n) is 3.50. The number of carbonyl (C=O) groups excluding carboxylic acids is 2. The lowest BCUT2D eigenvalue weighted by atomic mass is 10.1. The van der Waals surface area contributed by atoms with Gasteiger partial charge in [0.25, 0.3) is 5.91 Å². The van der Waals surface area contributed by atoms with Crippen LogP contribution in [0.15, 0.2) is 66.0 Å². The second-order valence-corrected chi connectivity index (χ2v) is 8.97. The molecule has 1 fully saturated rings. The van der Waals surface area contributed by atoms with E-state index >= 15 is 0 Å². The van der Waals surface area contributed by atoms with Crippen LogP contribution < -0.4 is 15.0 Å². The van der Waals surface area contributed by atoms with Crippen LogP contribution in [0.2, 0.25) is 5.02 Å². The number of hydrogen-bond donors (Lipinski definition) is 1. The van der Waals surface area contributed by atoms with Crippen molar-refractivity contribution in [3.63, 3.8) is 0 Å². The Hall–Kier alpha value is -2.94. The van der Waals surface area contributed by atoms with Crippen molar-refractivity contribution in [1.29, 1.82) is 0 Å². The van der Waals surface area contributed by atoms with Crippen LogP contribution in [-0.2, 0) is 16.1 Å². The highest BCUT2D eigenvalue weighted by atomic mass is 35.5. The van der Waals surface area contributed by atoms with Crippen LogP contribution in [0.4, 0.5) is 11.4 Å². The first-order valence-electron chi connectivity index (χ1n) is 9.82. The van der Waals surface area contributed by atoms with E-state index in [1.165, 1.54) is 4.90 Å². The van der Waals surface area contributed by atoms with Gasteiger partial charge in [0.15, 0.2) is 5.11 Å². The maximum Gasteiger partial charge on any atom is 0.256 e.